The van der Waals surface area contributed by atoms with Crippen LogP contribution in [0.4, 0.5) is 0 Å². The fourth-order valence-electron chi connectivity index (χ4n) is 3.17. The van der Waals surface area contributed by atoms with Gasteiger partial charge in [0.2, 0.25) is 0 Å². The molecule has 0 unspecified atom stereocenters. The van der Waals surface area contributed by atoms with E-state index in [1.165, 1.54) is 18.4 Å². The molecule has 1 aromatic carbocycles. The molecule has 1 aliphatic carbocycles. The van der Waals surface area contributed by atoms with Gasteiger partial charge in [-0.3, -0.25) is 4.79 Å². The molecule has 1 aromatic rings. The summed E-state index contributed by atoms with van der Waals surface area (Å²) in [5.74, 6) is 0.390. The van der Waals surface area contributed by atoms with Crippen LogP contribution in [0, 0.1) is 5.41 Å². The van der Waals surface area contributed by atoms with E-state index in [9.17, 15) is 4.79 Å². The van der Waals surface area contributed by atoms with Crippen molar-refractivity contribution < 1.29 is 4.79 Å². The molecule has 0 heterocycles. The molecule has 1 saturated carbocycles. The van der Waals surface area contributed by atoms with Gasteiger partial charge in [0.15, 0.2) is 0 Å². The normalized spacial score (nSPS) is 18.8. The first kappa shape index (κ1) is 14.3. The maximum absolute atomic E-state index is 12.6. The first-order chi connectivity index (χ1) is 9.27. The summed E-state index contributed by atoms with van der Waals surface area (Å²) in [6.07, 6.45) is 8.32. The minimum Gasteiger partial charge on any atom is -0.329 e. The summed E-state index contributed by atoms with van der Waals surface area (Å²) in [5.41, 5.74) is 6.99. The van der Waals surface area contributed by atoms with Crippen molar-refractivity contribution in [2.24, 2.45) is 11.1 Å². The summed E-state index contributed by atoms with van der Waals surface area (Å²) in [6.45, 7) is 0.528. The summed E-state index contributed by atoms with van der Waals surface area (Å²) >= 11 is 0. The van der Waals surface area contributed by atoms with E-state index in [0.717, 1.165) is 32.1 Å². The van der Waals surface area contributed by atoms with Gasteiger partial charge in [-0.2, -0.15) is 0 Å². The Labute approximate surface area is 116 Å². The van der Waals surface area contributed by atoms with Crippen LogP contribution in [-0.4, -0.2) is 12.3 Å². The van der Waals surface area contributed by atoms with Crippen molar-refractivity contribution in [2.45, 2.75) is 51.4 Å². The lowest BCUT2D eigenvalue weighted by molar-refractivity contribution is -0.129. The second-order valence-electron chi connectivity index (χ2n) is 5.81. The van der Waals surface area contributed by atoms with Gasteiger partial charge >= 0.3 is 0 Å². The van der Waals surface area contributed by atoms with Crippen LogP contribution in [0.3, 0.4) is 0 Å². The van der Waals surface area contributed by atoms with E-state index in [-0.39, 0.29) is 5.41 Å². The van der Waals surface area contributed by atoms with E-state index >= 15 is 0 Å². The van der Waals surface area contributed by atoms with E-state index in [4.69, 9.17) is 5.73 Å². The molecular weight excluding hydrogens is 234 g/mol. The van der Waals surface area contributed by atoms with Crippen LogP contribution >= 0.6 is 0 Å². The summed E-state index contributed by atoms with van der Waals surface area (Å²) in [7, 11) is 0. The zero-order chi connectivity index (χ0) is 13.6. The Hall–Kier alpha value is -1.15. The van der Waals surface area contributed by atoms with E-state index in [1.807, 2.05) is 18.2 Å². The number of hydrogen-bond donors (Lipinski definition) is 1. The molecule has 0 aliphatic heterocycles. The zero-order valence-corrected chi connectivity index (χ0v) is 11.7. The lowest BCUT2D eigenvalue weighted by atomic mass is 9.75. The summed E-state index contributed by atoms with van der Waals surface area (Å²) in [6, 6.07) is 10.3. The molecule has 2 N–H and O–H groups in total. The number of aryl methyl sites for hydroxylation is 1. The van der Waals surface area contributed by atoms with E-state index < -0.39 is 0 Å². The van der Waals surface area contributed by atoms with Crippen LogP contribution in [0.2, 0.25) is 0 Å². The van der Waals surface area contributed by atoms with Crippen LogP contribution in [0.5, 0.6) is 0 Å². The first-order valence-electron chi connectivity index (χ1n) is 7.54. The van der Waals surface area contributed by atoms with Gasteiger partial charge in [-0.25, -0.2) is 0 Å². The van der Waals surface area contributed by atoms with Crippen molar-refractivity contribution in [3.05, 3.63) is 35.9 Å². The highest BCUT2D eigenvalue weighted by Gasteiger charge is 2.36. The zero-order valence-electron chi connectivity index (χ0n) is 11.7. The van der Waals surface area contributed by atoms with Gasteiger partial charge in [-0.1, -0.05) is 56.0 Å². The van der Waals surface area contributed by atoms with Crippen molar-refractivity contribution in [3.8, 4) is 0 Å². The van der Waals surface area contributed by atoms with Crippen LogP contribution in [0.1, 0.15) is 50.5 Å². The largest absolute Gasteiger partial charge is 0.329 e. The molecule has 2 nitrogen and oxygen atoms in total. The third kappa shape index (κ3) is 3.66. The molecule has 0 spiro atoms. The summed E-state index contributed by atoms with van der Waals surface area (Å²) in [5, 5.41) is 0. The van der Waals surface area contributed by atoms with Crippen LogP contribution in [0.25, 0.3) is 0 Å². The number of carbonyl (C=O) groups is 1. The van der Waals surface area contributed by atoms with Crippen molar-refractivity contribution in [1.82, 2.24) is 0 Å². The third-order valence-electron chi connectivity index (χ3n) is 4.53. The Morgan fingerprint density at radius 3 is 2.26 bits per heavy atom. The van der Waals surface area contributed by atoms with Crippen molar-refractivity contribution in [3.63, 3.8) is 0 Å². The summed E-state index contributed by atoms with van der Waals surface area (Å²) in [4.78, 5) is 12.6. The van der Waals surface area contributed by atoms with Gasteiger partial charge in [0.05, 0.1) is 0 Å². The molecule has 2 rings (SSSR count). The first-order valence-corrected chi connectivity index (χ1v) is 7.54. The predicted octanol–water partition coefficient (Wildman–Crippen LogP) is 3.49. The van der Waals surface area contributed by atoms with E-state index in [0.29, 0.717) is 18.7 Å². The molecule has 1 fully saturated rings. The lowest BCUT2D eigenvalue weighted by Crippen LogP contribution is -2.38. The highest BCUT2D eigenvalue weighted by Crippen LogP contribution is 2.36. The van der Waals surface area contributed by atoms with Crippen molar-refractivity contribution >= 4 is 5.78 Å². The van der Waals surface area contributed by atoms with Crippen LogP contribution < -0.4 is 5.73 Å². The molecule has 0 saturated heterocycles. The highest BCUT2D eigenvalue weighted by atomic mass is 16.1. The van der Waals surface area contributed by atoms with Gasteiger partial charge in [-0.15, -0.1) is 0 Å². The number of hydrogen-bond acceptors (Lipinski definition) is 2. The van der Waals surface area contributed by atoms with E-state index in [2.05, 4.69) is 12.1 Å². The van der Waals surface area contributed by atoms with Gasteiger partial charge in [0, 0.05) is 18.4 Å². The Bertz CT molecular complexity index is 391. The second-order valence-corrected chi connectivity index (χ2v) is 5.81. The van der Waals surface area contributed by atoms with Gasteiger partial charge in [0.1, 0.15) is 5.78 Å². The predicted molar refractivity (Wildman–Crippen MR) is 79.0 cm³/mol. The molecule has 0 aromatic heterocycles. The minimum atomic E-state index is -0.217. The molecular formula is C17H25NO. The molecule has 0 radical (unpaired) electrons. The molecule has 104 valence electrons. The summed E-state index contributed by atoms with van der Waals surface area (Å²) < 4.78 is 0. The Balaban J connectivity index is 1.96. The quantitative estimate of drug-likeness (QED) is 0.823. The third-order valence-corrected chi connectivity index (χ3v) is 4.53. The molecule has 0 atom stereocenters. The molecule has 1 aliphatic rings. The SMILES string of the molecule is NCC1(C(=O)CCc2ccccc2)CCCCCC1. The molecule has 0 bridgehead atoms. The number of carbonyl (C=O) groups excluding carboxylic acids is 1. The van der Waals surface area contributed by atoms with Crippen LogP contribution in [-0.2, 0) is 11.2 Å². The number of benzene rings is 1. The number of rotatable bonds is 5. The average molecular weight is 259 g/mol. The van der Waals surface area contributed by atoms with Crippen LogP contribution in [0.15, 0.2) is 30.3 Å². The average Bonchev–Trinajstić information content (AvgIpc) is 2.72. The number of ketones is 1. The maximum Gasteiger partial charge on any atom is 0.140 e. The number of nitrogens with two attached hydrogens (primary N) is 1. The van der Waals surface area contributed by atoms with Gasteiger partial charge in [0.25, 0.3) is 0 Å². The fourth-order valence-corrected chi connectivity index (χ4v) is 3.17. The fraction of sp³-hybridized carbons (Fsp3) is 0.588. The Kier molecular flexibility index (Phi) is 5.15. The smallest absolute Gasteiger partial charge is 0.140 e. The Morgan fingerprint density at radius 1 is 1.05 bits per heavy atom. The minimum absolute atomic E-state index is 0.217. The van der Waals surface area contributed by atoms with Crippen molar-refractivity contribution in [1.29, 1.82) is 0 Å². The molecule has 2 heteroatoms. The van der Waals surface area contributed by atoms with Crippen molar-refractivity contribution in [2.75, 3.05) is 6.54 Å². The van der Waals surface area contributed by atoms with Gasteiger partial charge < -0.3 is 5.73 Å². The van der Waals surface area contributed by atoms with Gasteiger partial charge in [-0.05, 0) is 24.8 Å². The lowest BCUT2D eigenvalue weighted by Gasteiger charge is -2.29. The second kappa shape index (κ2) is 6.85. The molecule has 0 amide bonds. The standard InChI is InChI=1S/C17H25NO/c18-14-17(12-6-1-2-7-13-17)16(19)11-10-15-8-4-3-5-9-15/h3-5,8-9H,1-2,6-7,10-14,18H2. The molecule has 19 heavy (non-hydrogen) atoms. The highest BCUT2D eigenvalue weighted by molar-refractivity contribution is 5.85. The number of Topliss-reactive ketones (excluding diaryl/α,β-unsaturated/α-hetero) is 1. The topological polar surface area (TPSA) is 43.1 Å². The monoisotopic (exact) mass is 259 g/mol. The van der Waals surface area contributed by atoms with E-state index in [1.54, 1.807) is 0 Å². The maximum atomic E-state index is 12.6. The Morgan fingerprint density at radius 2 is 1.68 bits per heavy atom.